The van der Waals surface area contributed by atoms with Crippen molar-refractivity contribution in [2.75, 3.05) is 84.1 Å². The van der Waals surface area contributed by atoms with E-state index in [1.54, 1.807) is 24.5 Å². The van der Waals surface area contributed by atoms with E-state index in [9.17, 15) is 18.4 Å². The fourth-order valence-corrected chi connectivity index (χ4v) is 9.34. The van der Waals surface area contributed by atoms with Crippen LogP contribution in [0.3, 0.4) is 0 Å². The van der Waals surface area contributed by atoms with Crippen molar-refractivity contribution >= 4 is 85.0 Å². The molecule has 4 aliphatic rings. The second-order valence-corrected chi connectivity index (χ2v) is 19.4. The quantitative estimate of drug-likeness (QED) is 0.0957. The van der Waals surface area contributed by atoms with Crippen molar-refractivity contribution in [1.82, 2.24) is 19.9 Å². The van der Waals surface area contributed by atoms with E-state index in [1.165, 1.54) is 24.3 Å². The number of amides is 2. The van der Waals surface area contributed by atoms with Crippen molar-refractivity contribution in [3.8, 4) is 22.8 Å². The molecule has 0 radical (unpaired) electrons. The molecule has 2 saturated heterocycles. The maximum Gasteiger partial charge on any atom is 0.227 e. The number of nitrogens with two attached hydrogens (primary N) is 1. The molecule has 75 heavy (non-hydrogen) atoms. The largest absolute Gasteiger partial charge is 0.399 e. The maximum absolute atomic E-state index is 14.2. The van der Waals surface area contributed by atoms with Gasteiger partial charge in [0.25, 0.3) is 0 Å². The molecule has 8 aromatic rings. The molecule has 17 heteroatoms. The standard InChI is InChI=1S/C29H28FN5O2.C15H10ClFN2.C14H19N3O2/c1-18-27(24-8-7-20(30)14-26(24)34-28(18)25-4-2-3-9-31-25)32-21-15-22(33-29(36)19-5-6-19)17-23(16-21)35-10-12-37-13-11-35;1-9-14(16)11-6-5-10(17)8-13(11)19-15(9)12-4-2-3-7-18-12;15-11-7-12(16-14(18)10-1-2-10)9-13(8-11)17-3-5-19-6-4-17/h2-4,7-9,14-17,19H,5-6,10-13H2,1H3,(H,32,34)(H,33,36);2-8H,1H3;7-10H,1-6,15H2,(H,16,18). The number of fused-ring (bicyclic) bond motifs is 2. The molecule has 6 heterocycles. The van der Waals surface area contributed by atoms with Crippen LogP contribution in [0.1, 0.15) is 36.8 Å². The van der Waals surface area contributed by atoms with Crippen molar-refractivity contribution in [3.05, 3.63) is 149 Å². The minimum absolute atomic E-state index is 0.0588. The predicted octanol–water partition coefficient (Wildman–Crippen LogP) is 11.5. The zero-order valence-corrected chi connectivity index (χ0v) is 42.5. The summed E-state index contributed by atoms with van der Waals surface area (Å²) in [5, 5.41) is 11.8. The molecule has 5 N–H and O–H groups in total. The Kier molecular flexibility index (Phi) is 15.4. The number of halogens is 3. The smallest absolute Gasteiger partial charge is 0.227 e. The third-order valence-electron chi connectivity index (χ3n) is 13.4. The first-order valence-electron chi connectivity index (χ1n) is 25.2. The van der Waals surface area contributed by atoms with Crippen LogP contribution in [0.25, 0.3) is 44.6 Å². The van der Waals surface area contributed by atoms with E-state index in [4.69, 9.17) is 31.8 Å². The van der Waals surface area contributed by atoms with Crippen molar-refractivity contribution < 1.29 is 27.8 Å². The highest BCUT2D eigenvalue weighted by atomic mass is 35.5. The minimum atomic E-state index is -0.346. The van der Waals surface area contributed by atoms with Crippen LogP contribution in [-0.2, 0) is 19.1 Å². The normalized spacial score (nSPS) is 15.3. The zero-order valence-electron chi connectivity index (χ0n) is 41.7. The Labute approximate surface area is 438 Å². The summed E-state index contributed by atoms with van der Waals surface area (Å²) >= 11 is 6.34. The second kappa shape index (κ2) is 22.8. The summed E-state index contributed by atoms with van der Waals surface area (Å²) in [6, 6.07) is 32.1. The van der Waals surface area contributed by atoms with E-state index in [-0.39, 0.29) is 35.3 Å². The van der Waals surface area contributed by atoms with Crippen LogP contribution in [0.4, 0.5) is 48.6 Å². The first kappa shape index (κ1) is 50.7. The van der Waals surface area contributed by atoms with E-state index < -0.39 is 0 Å². The van der Waals surface area contributed by atoms with Crippen LogP contribution in [0.2, 0.25) is 5.02 Å². The fraction of sp³-hybridized carbons (Fsp3) is 0.276. The van der Waals surface area contributed by atoms with Gasteiger partial charge in [-0.1, -0.05) is 23.7 Å². The SMILES string of the molecule is Cc1c(-c2ccccn2)nc2cc(F)ccc2c1Cl.Cc1c(-c2ccccn2)nc2cc(F)ccc2c1Nc1cc(NC(=O)C2CC2)cc(N2CCOCC2)c1.Nc1cc(NC(=O)C2CC2)cc(N2CCOCC2)c1. The highest BCUT2D eigenvalue weighted by molar-refractivity contribution is 6.36. The first-order chi connectivity index (χ1) is 36.4. The van der Waals surface area contributed by atoms with Gasteiger partial charge in [0.2, 0.25) is 11.8 Å². The summed E-state index contributed by atoms with van der Waals surface area (Å²) in [5.41, 5.74) is 17.5. The Bertz CT molecular complexity index is 3370. The van der Waals surface area contributed by atoms with Crippen molar-refractivity contribution in [2.45, 2.75) is 39.5 Å². The average Bonchev–Trinajstić information content (AvgIpc) is 4.37. The molecule has 2 aliphatic heterocycles. The molecular formula is C58H57ClF2N10O4. The third-order valence-corrected chi connectivity index (χ3v) is 13.9. The summed E-state index contributed by atoms with van der Waals surface area (Å²) in [6.45, 7) is 9.95. The van der Waals surface area contributed by atoms with Crippen molar-refractivity contribution in [2.24, 2.45) is 11.8 Å². The number of ether oxygens (including phenoxy) is 2. The topological polar surface area (TPSA) is 173 Å². The average molecular weight is 1030 g/mol. The van der Waals surface area contributed by atoms with E-state index >= 15 is 0 Å². The van der Waals surface area contributed by atoms with E-state index in [2.05, 4.69) is 46.8 Å². The van der Waals surface area contributed by atoms with Gasteiger partial charge in [0, 0.05) is 113 Å². The Hall–Kier alpha value is -7.79. The zero-order chi connectivity index (χ0) is 52.0. The molecule has 14 nitrogen and oxygen atoms in total. The van der Waals surface area contributed by atoms with Gasteiger partial charge in [-0.2, -0.15) is 0 Å². The number of hydrogen-bond acceptors (Lipinski definition) is 12. The van der Waals surface area contributed by atoms with Crippen LogP contribution >= 0.6 is 11.6 Å². The number of nitrogens with zero attached hydrogens (tertiary/aromatic N) is 6. The van der Waals surface area contributed by atoms with Crippen molar-refractivity contribution in [1.29, 1.82) is 0 Å². The Morgan fingerprint density at radius 1 is 0.600 bits per heavy atom. The van der Waals surface area contributed by atoms with E-state index in [1.807, 2.05) is 80.6 Å². The van der Waals surface area contributed by atoms with Gasteiger partial charge >= 0.3 is 0 Å². The number of nitrogens with one attached hydrogen (secondary N) is 3. The number of nitrogen functional groups attached to an aromatic ring is 1. The molecule has 0 spiro atoms. The molecule has 0 unspecified atom stereocenters. The molecule has 4 aromatic heterocycles. The Morgan fingerprint density at radius 2 is 1.08 bits per heavy atom. The molecule has 2 saturated carbocycles. The van der Waals surface area contributed by atoms with Crippen molar-refractivity contribution in [3.63, 3.8) is 0 Å². The lowest BCUT2D eigenvalue weighted by atomic mass is 10.0. The highest BCUT2D eigenvalue weighted by Gasteiger charge is 2.31. The number of carbonyl (C=O) groups excluding carboxylic acids is 2. The van der Waals surface area contributed by atoms with Gasteiger partial charge in [0.1, 0.15) is 11.6 Å². The van der Waals surface area contributed by atoms with Gasteiger partial charge < -0.3 is 41.0 Å². The third kappa shape index (κ3) is 12.4. The summed E-state index contributed by atoms with van der Waals surface area (Å²) < 4.78 is 38.4. The predicted molar refractivity (Wildman–Crippen MR) is 294 cm³/mol. The van der Waals surface area contributed by atoms with Crippen LogP contribution in [0.15, 0.2) is 122 Å². The van der Waals surface area contributed by atoms with Crippen LogP contribution < -0.4 is 31.5 Å². The van der Waals surface area contributed by atoms with Gasteiger partial charge in [-0.3, -0.25) is 19.6 Å². The minimum Gasteiger partial charge on any atom is -0.399 e. The number of rotatable bonds is 10. The molecule has 2 aliphatic carbocycles. The molecule has 4 aromatic carbocycles. The molecule has 384 valence electrons. The number of hydrogen-bond donors (Lipinski definition) is 4. The second-order valence-electron chi connectivity index (χ2n) is 19.0. The summed E-state index contributed by atoms with van der Waals surface area (Å²) in [5.74, 6) is -0.200. The number of anilines is 7. The number of morpholine rings is 2. The molecule has 4 fully saturated rings. The van der Waals surface area contributed by atoms with Gasteiger partial charge in [-0.25, -0.2) is 18.7 Å². The van der Waals surface area contributed by atoms with Gasteiger partial charge in [-0.15, -0.1) is 0 Å². The summed E-state index contributed by atoms with van der Waals surface area (Å²) in [7, 11) is 0. The lowest BCUT2D eigenvalue weighted by Crippen LogP contribution is -2.36. The van der Waals surface area contributed by atoms with Gasteiger partial charge in [0.15, 0.2) is 0 Å². The molecular weight excluding hydrogens is 974 g/mol. The molecule has 0 atom stereocenters. The van der Waals surface area contributed by atoms with Crippen LogP contribution in [-0.4, -0.2) is 84.4 Å². The number of aromatic nitrogens is 4. The van der Waals surface area contributed by atoms with Crippen LogP contribution in [0, 0.1) is 37.3 Å². The lowest BCUT2D eigenvalue weighted by molar-refractivity contribution is -0.118. The van der Waals surface area contributed by atoms with E-state index in [0.717, 1.165) is 127 Å². The van der Waals surface area contributed by atoms with E-state index in [0.29, 0.717) is 52.0 Å². The first-order valence-corrected chi connectivity index (χ1v) is 25.6. The maximum atomic E-state index is 14.2. The van der Waals surface area contributed by atoms with Crippen LogP contribution in [0.5, 0.6) is 0 Å². The number of carbonyl (C=O) groups is 2. The number of pyridine rings is 4. The molecule has 12 rings (SSSR count). The summed E-state index contributed by atoms with van der Waals surface area (Å²) in [4.78, 5) is 46.8. The fourth-order valence-electron chi connectivity index (χ4n) is 9.09. The Morgan fingerprint density at radius 3 is 1.60 bits per heavy atom. The molecule has 2 amide bonds. The summed E-state index contributed by atoms with van der Waals surface area (Å²) in [6.07, 6.45) is 7.30. The number of benzene rings is 4. The molecule has 0 bridgehead atoms. The highest BCUT2D eigenvalue weighted by Crippen LogP contribution is 2.39. The van der Waals surface area contributed by atoms with Gasteiger partial charge in [0.05, 0.1) is 70.9 Å². The Balaban J connectivity index is 0.000000142. The lowest BCUT2D eigenvalue weighted by Gasteiger charge is -2.30. The van der Waals surface area contributed by atoms with Gasteiger partial charge in [-0.05, 0) is 130 Å². The monoisotopic (exact) mass is 1030 g/mol.